The van der Waals surface area contributed by atoms with E-state index >= 15 is 0 Å². The molecule has 1 aliphatic heterocycles. The van der Waals surface area contributed by atoms with Crippen LogP contribution in [0.2, 0.25) is 24.2 Å². The number of benzene rings is 1. The number of hydrogen-bond acceptors (Lipinski definition) is 2. The van der Waals surface area contributed by atoms with Crippen molar-refractivity contribution in [3.8, 4) is 5.75 Å². The van der Waals surface area contributed by atoms with E-state index in [0.717, 1.165) is 11.8 Å². The lowest BCUT2D eigenvalue weighted by Gasteiger charge is -2.44. The number of hydrogen-bond donors (Lipinski definition) is 0. The van der Waals surface area contributed by atoms with Crippen molar-refractivity contribution in [2.75, 3.05) is 6.61 Å². The van der Waals surface area contributed by atoms with E-state index in [1.165, 1.54) is 11.1 Å². The number of Topliss-reactive ketones (excluding diaryl/α,β-unsaturated/α-hetero) is 1. The molecule has 0 radical (unpaired) electrons. The van der Waals surface area contributed by atoms with Crippen LogP contribution in [0.1, 0.15) is 38.3 Å². The Balaban J connectivity index is 2.08. The van der Waals surface area contributed by atoms with Crippen molar-refractivity contribution in [1.82, 2.24) is 0 Å². The van der Waals surface area contributed by atoms with E-state index in [1.54, 1.807) is 0 Å². The van der Waals surface area contributed by atoms with Gasteiger partial charge in [-0.3, -0.25) is 4.79 Å². The maximum Gasteiger partial charge on any atom is 0.138 e. The summed E-state index contributed by atoms with van der Waals surface area (Å²) in [4.78, 5) is 12.3. The quantitative estimate of drug-likeness (QED) is 0.760. The normalized spacial score (nSPS) is 24.7. The van der Waals surface area contributed by atoms with E-state index in [1.807, 2.05) is 6.07 Å². The fourth-order valence-electron chi connectivity index (χ4n) is 3.84. The number of rotatable bonds is 2. The Kier molecular flexibility index (Phi) is 3.14. The zero-order valence-corrected chi connectivity index (χ0v) is 14.9. The van der Waals surface area contributed by atoms with Crippen LogP contribution >= 0.6 is 0 Å². The van der Waals surface area contributed by atoms with Gasteiger partial charge in [-0.25, -0.2) is 0 Å². The maximum atomic E-state index is 12.3. The summed E-state index contributed by atoms with van der Waals surface area (Å²) in [6.07, 6.45) is 1.26. The lowest BCUT2D eigenvalue weighted by atomic mass is 9.72. The van der Waals surface area contributed by atoms with E-state index in [0.29, 0.717) is 30.3 Å². The first-order valence-corrected chi connectivity index (χ1v) is 11.1. The van der Waals surface area contributed by atoms with E-state index in [2.05, 4.69) is 46.0 Å². The minimum atomic E-state index is -1.48. The van der Waals surface area contributed by atoms with Gasteiger partial charge in [0, 0.05) is 23.8 Å². The monoisotopic (exact) mass is 302 g/mol. The number of ketones is 1. The summed E-state index contributed by atoms with van der Waals surface area (Å²) in [5, 5.41) is 0.333. The molecule has 1 aromatic carbocycles. The second-order valence-corrected chi connectivity index (χ2v) is 14.2. The standard InChI is InChI=1S/C18H26O2Si/c1-17(2,3)21(4,5)12-18-10-14(19)9-13-7-6-8-15(16(13)18)20-11-18/h6-8H,9-12H2,1-5H3/t18-/m0/s1. The average Bonchev–Trinajstić information content (AvgIpc) is 2.67. The highest BCUT2D eigenvalue weighted by atomic mass is 28.3. The number of carbonyl (C=O) groups excluding carboxylic acids is 1. The predicted molar refractivity (Wildman–Crippen MR) is 88.9 cm³/mol. The molecule has 0 saturated heterocycles. The second-order valence-electron chi connectivity index (χ2n) is 8.56. The molecule has 1 aliphatic carbocycles. The third-order valence-corrected chi connectivity index (χ3v) is 11.5. The minimum Gasteiger partial charge on any atom is -0.492 e. The van der Waals surface area contributed by atoms with Crippen molar-refractivity contribution in [2.45, 2.75) is 63.2 Å². The molecular formula is C18H26O2Si. The van der Waals surface area contributed by atoms with Crippen LogP contribution in [0, 0.1) is 0 Å². The van der Waals surface area contributed by atoms with Crippen molar-refractivity contribution in [2.24, 2.45) is 0 Å². The van der Waals surface area contributed by atoms with Crippen LogP contribution in [0.3, 0.4) is 0 Å². The molecule has 3 rings (SSSR count). The van der Waals surface area contributed by atoms with Gasteiger partial charge in [0.2, 0.25) is 0 Å². The molecule has 0 unspecified atom stereocenters. The third-order valence-electron chi connectivity index (χ3n) is 5.88. The van der Waals surface area contributed by atoms with E-state index in [4.69, 9.17) is 4.74 Å². The van der Waals surface area contributed by atoms with Crippen LogP contribution in [0.25, 0.3) is 0 Å². The van der Waals surface area contributed by atoms with Gasteiger partial charge in [0.1, 0.15) is 11.5 Å². The Hall–Kier alpha value is -1.09. The molecule has 0 spiro atoms. The van der Waals surface area contributed by atoms with E-state index in [9.17, 15) is 4.79 Å². The summed E-state index contributed by atoms with van der Waals surface area (Å²) in [6, 6.07) is 7.35. The maximum absolute atomic E-state index is 12.3. The molecule has 21 heavy (non-hydrogen) atoms. The molecule has 3 heteroatoms. The van der Waals surface area contributed by atoms with Gasteiger partial charge in [-0.05, 0) is 22.7 Å². The van der Waals surface area contributed by atoms with Gasteiger partial charge in [0.15, 0.2) is 0 Å². The largest absolute Gasteiger partial charge is 0.492 e. The predicted octanol–water partition coefficient (Wildman–Crippen LogP) is 4.34. The Labute approximate surface area is 128 Å². The molecule has 0 aromatic heterocycles. The molecule has 0 bridgehead atoms. The van der Waals surface area contributed by atoms with Crippen LogP contribution in [0.5, 0.6) is 5.75 Å². The van der Waals surface area contributed by atoms with Gasteiger partial charge in [0.25, 0.3) is 0 Å². The Bertz CT molecular complexity index is 598. The highest BCUT2D eigenvalue weighted by Gasteiger charge is 2.51. The van der Waals surface area contributed by atoms with Crippen LogP contribution in [0.4, 0.5) is 0 Å². The molecule has 1 atom stereocenters. The first kappa shape index (κ1) is 14.8. The second kappa shape index (κ2) is 4.45. The summed E-state index contributed by atoms with van der Waals surface area (Å²) >= 11 is 0. The molecule has 0 amide bonds. The van der Waals surface area contributed by atoms with Crippen LogP contribution in [-0.2, 0) is 16.6 Å². The fraction of sp³-hybridized carbons (Fsp3) is 0.611. The SMILES string of the molecule is CC(C)(C)[Si](C)(C)C[C@]12COc3cccc(c31)CC(=O)C2. The van der Waals surface area contributed by atoms with Gasteiger partial charge < -0.3 is 4.74 Å². The highest BCUT2D eigenvalue weighted by Crippen LogP contribution is 2.53. The van der Waals surface area contributed by atoms with Crippen molar-refractivity contribution < 1.29 is 9.53 Å². The molecule has 114 valence electrons. The first-order valence-electron chi connectivity index (χ1n) is 7.92. The Morgan fingerprint density at radius 1 is 1.29 bits per heavy atom. The van der Waals surface area contributed by atoms with Crippen molar-refractivity contribution in [3.05, 3.63) is 29.3 Å². The molecule has 0 fully saturated rings. The topological polar surface area (TPSA) is 26.3 Å². The lowest BCUT2D eigenvalue weighted by Crippen LogP contribution is -2.47. The average molecular weight is 302 g/mol. The molecule has 0 N–H and O–H groups in total. The molecule has 1 heterocycles. The number of carbonyl (C=O) groups is 1. The molecule has 0 saturated carbocycles. The summed E-state index contributed by atoms with van der Waals surface area (Å²) < 4.78 is 6.00. The zero-order valence-electron chi connectivity index (χ0n) is 13.9. The van der Waals surface area contributed by atoms with Gasteiger partial charge in [-0.15, -0.1) is 0 Å². The number of ether oxygens (including phenoxy) is 1. The molecule has 2 aliphatic rings. The zero-order chi connectivity index (χ0) is 15.5. The lowest BCUT2D eigenvalue weighted by molar-refractivity contribution is -0.120. The third kappa shape index (κ3) is 2.26. The summed E-state index contributed by atoms with van der Waals surface area (Å²) in [6.45, 7) is 12.7. The molecule has 2 nitrogen and oxygen atoms in total. The van der Waals surface area contributed by atoms with Crippen LogP contribution in [-0.4, -0.2) is 20.5 Å². The van der Waals surface area contributed by atoms with Gasteiger partial charge >= 0.3 is 0 Å². The van der Waals surface area contributed by atoms with Gasteiger partial charge in [-0.1, -0.05) is 46.0 Å². The highest BCUT2D eigenvalue weighted by molar-refractivity contribution is 6.80. The molecular weight excluding hydrogens is 276 g/mol. The summed E-state index contributed by atoms with van der Waals surface area (Å²) in [5.41, 5.74) is 2.51. The van der Waals surface area contributed by atoms with E-state index < -0.39 is 8.07 Å². The minimum absolute atomic E-state index is 0.0513. The Morgan fingerprint density at radius 2 is 2.00 bits per heavy atom. The van der Waals surface area contributed by atoms with Gasteiger partial charge in [0.05, 0.1) is 14.7 Å². The van der Waals surface area contributed by atoms with Crippen LogP contribution in [0.15, 0.2) is 18.2 Å². The van der Waals surface area contributed by atoms with Crippen molar-refractivity contribution in [1.29, 1.82) is 0 Å². The van der Waals surface area contributed by atoms with Crippen molar-refractivity contribution in [3.63, 3.8) is 0 Å². The smallest absolute Gasteiger partial charge is 0.138 e. The summed E-state index contributed by atoms with van der Waals surface area (Å²) in [7, 11) is -1.48. The van der Waals surface area contributed by atoms with Crippen LogP contribution < -0.4 is 4.74 Å². The van der Waals surface area contributed by atoms with Crippen molar-refractivity contribution >= 4 is 13.9 Å². The summed E-state index contributed by atoms with van der Waals surface area (Å²) in [5.74, 6) is 1.41. The fourth-order valence-corrected chi connectivity index (χ4v) is 6.47. The molecule has 1 aromatic rings. The first-order chi connectivity index (χ1) is 9.65. The van der Waals surface area contributed by atoms with E-state index in [-0.39, 0.29) is 5.41 Å². The van der Waals surface area contributed by atoms with Gasteiger partial charge in [-0.2, -0.15) is 0 Å². The Morgan fingerprint density at radius 3 is 2.67 bits per heavy atom.